The summed E-state index contributed by atoms with van der Waals surface area (Å²) in [5.74, 6) is 2.47. The lowest BCUT2D eigenvalue weighted by atomic mass is 10.3. The summed E-state index contributed by atoms with van der Waals surface area (Å²) in [7, 11) is 1.91. The molecule has 0 aliphatic heterocycles. The molecule has 102 valence electrons. The van der Waals surface area contributed by atoms with Crippen LogP contribution >= 0.6 is 0 Å². The number of rotatable bonds is 7. The minimum absolute atomic E-state index is 0.428. The van der Waals surface area contributed by atoms with Gasteiger partial charge < -0.3 is 19.2 Å². The van der Waals surface area contributed by atoms with Crippen LogP contribution < -0.4 is 14.8 Å². The highest BCUT2D eigenvalue weighted by molar-refractivity contribution is 5.31. The topological polar surface area (TPSA) is 43.6 Å². The molecule has 0 unspecified atom stereocenters. The van der Waals surface area contributed by atoms with E-state index in [4.69, 9.17) is 13.9 Å². The maximum atomic E-state index is 5.65. The normalized spacial score (nSPS) is 10.4. The molecule has 0 radical (unpaired) electrons. The van der Waals surface area contributed by atoms with Crippen molar-refractivity contribution < 1.29 is 13.9 Å². The van der Waals surface area contributed by atoms with Crippen LogP contribution in [0.1, 0.15) is 18.2 Å². The Morgan fingerprint density at radius 1 is 1.11 bits per heavy atom. The molecule has 1 N–H and O–H groups in total. The van der Waals surface area contributed by atoms with Gasteiger partial charge in [-0.15, -0.1) is 0 Å². The maximum Gasteiger partial charge on any atom is 0.146 e. The highest BCUT2D eigenvalue weighted by atomic mass is 16.5. The van der Waals surface area contributed by atoms with Crippen molar-refractivity contribution in [1.82, 2.24) is 5.32 Å². The number of nitrogens with one attached hydrogen (secondary N) is 1. The van der Waals surface area contributed by atoms with E-state index in [1.165, 1.54) is 0 Å². The van der Waals surface area contributed by atoms with Crippen LogP contribution in [0.25, 0.3) is 0 Å². The van der Waals surface area contributed by atoms with Crippen LogP contribution in [0, 0.1) is 0 Å². The first kappa shape index (κ1) is 13.5. The summed E-state index contributed by atoms with van der Waals surface area (Å²) in [4.78, 5) is 0. The average molecular weight is 261 g/mol. The lowest BCUT2D eigenvalue weighted by Crippen LogP contribution is -2.03. The number of hydrogen-bond donors (Lipinski definition) is 1. The SMILES string of the molecule is CCOc1ccc(OCc2cc(CNC)co2)cc1. The highest BCUT2D eigenvalue weighted by Gasteiger charge is 2.02. The summed E-state index contributed by atoms with van der Waals surface area (Å²) in [6, 6.07) is 9.57. The van der Waals surface area contributed by atoms with E-state index in [1.807, 2.05) is 44.3 Å². The molecule has 0 atom stereocenters. The van der Waals surface area contributed by atoms with E-state index in [-0.39, 0.29) is 0 Å². The van der Waals surface area contributed by atoms with Gasteiger partial charge in [-0.3, -0.25) is 0 Å². The molecule has 1 heterocycles. The molecule has 4 heteroatoms. The van der Waals surface area contributed by atoms with E-state index >= 15 is 0 Å². The Morgan fingerprint density at radius 3 is 2.42 bits per heavy atom. The summed E-state index contributed by atoms with van der Waals surface area (Å²) in [6.07, 6.45) is 1.74. The minimum Gasteiger partial charge on any atom is -0.494 e. The predicted molar refractivity (Wildman–Crippen MR) is 73.4 cm³/mol. The van der Waals surface area contributed by atoms with Gasteiger partial charge in [0.2, 0.25) is 0 Å². The van der Waals surface area contributed by atoms with Gasteiger partial charge in [0.25, 0.3) is 0 Å². The van der Waals surface area contributed by atoms with E-state index in [9.17, 15) is 0 Å². The van der Waals surface area contributed by atoms with Crippen LogP contribution in [0.4, 0.5) is 0 Å². The van der Waals surface area contributed by atoms with Crippen LogP contribution in [0.2, 0.25) is 0 Å². The van der Waals surface area contributed by atoms with Gasteiger partial charge in [-0.05, 0) is 44.3 Å². The molecular formula is C15H19NO3. The van der Waals surface area contributed by atoms with Crippen LogP contribution in [0.5, 0.6) is 11.5 Å². The zero-order valence-electron chi connectivity index (χ0n) is 11.3. The fourth-order valence-electron chi connectivity index (χ4n) is 1.75. The first-order valence-electron chi connectivity index (χ1n) is 6.38. The third-order valence-corrected chi connectivity index (χ3v) is 2.60. The van der Waals surface area contributed by atoms with E-state index in [1.54, 1.807) is 6.26 Å². The molecular weight excluding hydrogens is 242 g/mol. The van der Waals surface area contributed by atoms with E-state index in [0.29, 0.717) is 13.2 Å². The van der Waals surface area contributed by atoms with Gasteiger partial charge in [-0.25, -0.2) is 0 Å². The fourth-order valence-corrected chi connectivity index (χ4v) is 1.75. The molecule has 19 heavy (non-hydrogen) atoms. The summed E-state index contributed by atoms with van der Waals surface area (Å²) >= 11 is 0. The van der Waals surface area contributed by atoms with Crippen molar-refractivity contribution >= 4 is 0 Å². The zero-order valence-corrected chi connectivity index (χ0v) is 11.3. The number of ether oxygens (including phenoxy) is 2. The Bertz CT molecular complexity index is 490. The van der Waals surface area contributed by atoms with Gasteiger partial charge in [0.05, 0.1) is 12.9 Å². The molecule has 2 aromatic rings. The smallest absolute Gasteiger partial charge is 0.146 e. The molecule has 2 rings (SSSR count). The Morgan fingerprint density at radius 2 is 1.79 bits per heavy atom. The molecule has 0 saturated heterocycles. The first-order chi connectivity index (χ1) is 9.31. The monoisotopic (exact) mass is 261 g/mol. The molecule has 1 aromatic heterocycles. The second-order valence-electron chi connectivity index (χ2n) is 4.14. The van der Waals surface area contributed by atoms with Gasteiger partial charge in [-0.2, -0.15) is 0 Å². The summed E-state index contributed by atoms with van der Waals surface area (Å²) < 4.78 is 16.4. The molecule has 0 aliphatic carbocycles. The van der Waals surface area contributed by atoms with Crippen LogP contribution in [0.3, 0.4) is 0 Å². The molecule has 0 saturated carbocycles. The van der Waals surface area contributed by atoms with Crippen LogP contribution in [-0.4, -0.2) is 13.7 Å². The predicted octanol–water partition coefficient (Wildman–Crippen LogP) is 2.98. The Hall–Kier alpha value is -1.94. The molecule has 0 spiro atoms. The van der Waals surface area contributed by atoms with Crippen molar-refractivity contribution in [2.75, 3.05) is 13.7 Å². The van der Waals surface area contributed by atoms with Crippen molar-refractivity contribution in [3.05, 3.63) is 47.9 Å². The lowest BCUT2D eigenvalue weighted by Gasteiger charge is -2.06. The molecule has 4 nitrogen and oxygen atoms in total. The van der Waals surface area contributed by atoms with Crippen molar-refractivity contribution in [2.24, 2.45) is 0 Å². The van der Waals surface area contributed by atoms with Crippen LogP contribution in [0.15, 0.2) is 41.0 Å². The van der Waals surface area contributed by atoms with Gasteiger partial charge >= 0.3 is 0 Å². The molecule has 1 aromatic carbocycles. The van der Waals surface area contributed by atoms with Gasteiger partial charge in [0, 0.05) is 12.1 Å². The molecule has 0 aliphatic rings. The van der Waals surface area contributed by atoms with Gasteiger partial charge in [0.1, 0.15) is 23.9 Å². The highest BCUT2D eigenvalue weighted by Crippen LogP contribution is 2.19. The third kappa shape index (κ3) is 4.03. The lowest BCUT2D eigenvalue weighted by molar-refractivity contribution is 0.269. The van der Waals surface area contributed by atoms with E-state index in [2.05, 4.69) is 5.32 Å². The molecule has 0 bridgehead atoms. The van der Waals surface area contributed by atoms with E-state index < -0.39 is 0 Å². The summed E-state index contributed by atoms with van der Waals surface area (Å²) in [6.45, 7) is 3.86. The number of hydrogen-bond acceptors (Lipinski definition) is 4. The summed E-state index contributed by atoms with van der Waals surface area (Å²) in [5, 5.41) is 3.07. The maximum absolute atomic E-state index is 5.65. The largest absolute Gasteiger partial charge is 0.494 e. The fraction of sp³-hybridized carbons (Fsp3) is 0.333. The summed E-state index contributed by atoms with van der Waals surface area (Å²) in [5.41, 5.74) is 1.12. The Kier molecular flexibility index (Phi) is 4.86. The standard InChI is InChI=1S/C15H19NO3/c1-3-17-13-4-6-14(7-5-13)19-11-15-8-12(9-16-2)10-18-15/h4-8,10,16H,3,9,11H2,1-2H3. The van der Waals surface area contributed by atoms with Gasteiger partial charge in [-0.1, -0.05) is 0 Å². The molecule has 0 amide bonds. The van der Waals surface area contributed by atoms with Gasteiger partial charge in [0.15, 0.2) is 0 Å². The minimum atomic E-state index is 0.428. The van der Waals surface area contributed by atoms with Crippen molar-refractivity contribution in [3.8, 4) is 11.5 Å². The van der Waals surface area contributed by atoms with Crippen molar-refractivity contribution in [3.63, 3.8) is 0 Å². The van der Waals surface area contributed by atoms with Crippen molar-refractivity contribution in [2.45, 2.75) is 20.1 Å². The Labute approximate surface area is 113 Å². The number of benzene rings is 1. The number of furan rings is 1. The van der Waals surface area contributed by atoms with Crippen molar-refractivity contribution in [1.29, 1.82) is 0 Å². The third-order valence-electron chi connectivity index (χ3n) is 2.60. The van der Waals surface area contributed by atoms with E-state index in [0.717, 1.165) is 29.4 Å². The average Bonchev–Trinajstić information content (AvgIpc) is 2.87. The first-order valence-corrected chi connectivity index (χ1v) is 6.38. The van der Waals surface area contributed by atoms with Crippen LogP contribution in [-0.2, 0) is 13.2 Å². The zero-order chi connectivity index (χ0) is 13.5. The second-order valence-corrected chi connectivity index (χ2v) is 4.14. The molecule has 0 fully saturated rings. The Balaban J connectivity index is 1.86. The second kappa shape index (κ2) is 6.85. The quantitative estimate of drug-likeness (QED) is 0.832.